The molecule has 0 radical (unpaired) electrons. The molecule has 0 fully saturated rings. The first-order valence-electron chi connectivity index (χ1n) is 5.28. The molecule has 0 aromatic rings. The largest absolute Gasteiger partial charge is 0.396 e. The fourth-order valence-electron chi connectivity index (χ4n) is 1.12. The van der Waals surface area contributed by atoms with Crippen LogP contribution in [0.4, 0.5) is 0 Å². The van der Waals surface area contributed by atoms with Crippen LogP contribution in [0.2, 0.25) is 0 Å². The van der Waals surface area contributed by atoms with Crippen molar-refractivity contribution in [3.63, 3.8) is 0 Å². The summed E-state index contributed by atoms with van der Waals surface area (Å²) in [6.45, 7) is 9.82. The molecule has 0 aromatic heterocycles. The van der Waals surface area contributed by atoms with Gasteiger partial charge in [0.25, 0.3) is 0 Å². The van der Waals surface area contributed by atoms with Gasteiger partial charge in [-0.15, -0.1) is 6.58 Å². The van der Waals surface area contributed by atoms with Crippen LogP contribution in [0.15, 0.2) is 12.7 Å². The highest BCUT2D eigenvalue weighted by atomic mass is 16.3. The Hall–Kier alpha value is -0.870. The number of aliphatic hydroxyl groups is 1. The van der Waals surface area contributed by atoms with Crippen molar-refractivity contribution in [2.75, 3.05) is 13.2 Å². The van der Waals surface area contributed by atoms with E-state index in [1.54, 1.807) is 13.0 Å². The summed E-state index contributed by atoms with van der Waals surface area (Å²) in [7, 11) is 0. The van der Waals surface area contributed by atoms with Crippen LogP contribution in [0, 0.1) is 5.92 Å². The molecule has 4 heteroatoms. The van der Waals surface area contributed by atoms with Crippen LogP contribution < -0.4 is 10.6 Å². The second-order valence-electron chi connectivity index (χ2n) is 3.87. The lowest BCUT2D eigenvalue weighted by atomic mass is 10.0. The third kappa shape index (κ3) is 5.54. The van der Waals surface area contributed by atoms with Gasteiger partial charge in [0.1, 0.15) is 0 Å². The summed E-state index contributed by atoms with van der Waals surface area (Å²) in [5.41, 5.74) is 0. The lowest BCUT2D eigenvalue weighted by molar-refractivity contribution is -0.122. The summed E-state index contributed by atoms with van der Waals surface area (Å²) >= 11 is 0. The zero-order chi connectivity index (χ0) is 11.8. The molecule has 1 amide bonds. The standard InChI is InChI=1S/C11H22N2O2/c1-5-6-12-11(15)10(4)13-9(3)8(2)7-14/h5,8-10,13-14H,1,6-7H2,2-4H3,(H,12,15). The molecule has 3 N–H and O–H groups in total. The lowest BCUT2D eigenvalue weighted by Crippen LogP contribution is -2.48. The highest BCUT2D eigenvalue weighted by Gasteiger charge is 2.17. The molecule has 0 spiro atoms. The third-order valence-corrected chi connectivity index (χ3v) is 2.47. The average molecular weight is 214 g/mol. The summed E-state index contributed by atoms with van der Waals surface area (Å²) in [6.07, 6.45) is 1.64. The van der Waals surface area contributed by atoms with Crippen molar-refractivity contribution in [3.8, 4) is 0 Å². The van der Waals surface area contributed by atoms with Gasteiger partial charge in [0.2, 0.25) is 5.91 Å². The van der Waals surface area contributed by atoms with Crippen LogP contribution in [0.1, 0.15) is 20.8 Å². The normalized spacial score (nSPS) is 16.5. The highest BCUT2D eigenvalue weighted by Crippen LogP contribution is 2.01. The summed E-state index contributed by atoms with van der Waals surface area (Å²) < 4.78 is 0. The monoisotopic (exact) mass is 214 g/mol. The lowest BCUT2D eigenvalue weighted by Gasteiger charge is -2.23. The number of aliphatic hydroxyl groups excluding tert-OH is 1. The van der Waals surface area contributed by atoms with E-state index in [0.717, 1.165) is 0 Å². The van der Waals surface area contributed by atoms with Crippen molar-refractivity contribution >= 4 is 5.91 Å². The minimum absolute atomic E-state index is 0.0492. The van der Waals surface area contributed by atoms with E-state index in [9.17, 15) is 4.79 Å². The minimum atomic E-state index is -0.256. The van der Waals surface area contributed by atoms with E-state index in [1.807, 2.05) is 13.8 Å². The third-order valence-electron chi connectivity index (χ3n) is 2.47. The number of amides is 1. The van der Waals surface area contributed by atoms with E-state index in [2.05, 4.69) is 17.2 Å². The van der Waals surface area contributed by atoms with Gasteiger partial charge in [0, 0.05) is 19.2 Å². The molecular formula is C11H22N2O2. The van der Waals surface area contributed by atoms with Crippen LogP contribution >= 0.6 is 0 Å². The molecule has 3 atom stereocenters. The highest BCUT2D eigenvalue weighted by molar-refractivity contribution is 5.81. The average Bonchev–Trinajstić information content (AvgIpc) is 2.24. The van der Waals surface area contributed by atoms with Crippen molar-refractivity contribution in [1.29, 1.82) is 0 Å². The fraction of sp³-hybridized carbons (Fsp3) is 0.727. The maximum absolute atomic E-state index is 11.5. The fourth-order valence-corrected chi connectivity index (χ4v) is 1.12. The summed E-state index contributed by atoms with van der Waals surface area (Å²) in [6, 6.07) is -0.145. The van der Waals surface area contributed by atoms with Crippen molar-refractivity contribution in [2.24, 2.45) is 5.92 Å². The van der Waals surface area contributed by atoms with Gasteiger partial charge in [-0.2, -0.15) is 0 Å². The Morgan fingerprint density at radius 1 is 1.47 bits per heavy atom. The number of hydrogen-bond donors (Lipinski definition) is 3. The van der Waals surface area contributed by atoms with Crippen molar-refractivity contribution in [1.82, 2.24) is 10.6 Å². The van der Waals surface area contributed by atoms with Gasteiger partial charge in [-0.25, -0.2) is 0 Å². The van der Waals surface area contributed by atoms with E-state index in [-0.39, 0.29) is 30.5 Å². The van der Waals surface area contributed by atoms with E-state index < -0.39 is 0 Å². The Balaban J connectivity index is 3.94. The molecule has 0 saturated heterocycles. The van der Waals surface area contributed by atoms with Gasteiger partial charge in [-0.05, 0) is 19.8 Å². The topological polar surface area (TPSA) is 61.4 Å². The molecule has 0 aliphatic heterocycles. The van der Waals surface area contributed by atoms with Crippen molar-refractivity contribution < 1.29 is 9.90 Å². The Labute approximate surface area is 91.8 Å². The predicted molar refractivity (Wildman–Crippen MR) is 61.5 cm³/mol. The van der Waals surface area contributed by atoms with E-state index in [1.165, 1.54) is 0 Å². The van der Waals surface area contributed by atoms with Gasteiger partial charge in [0.15, 0.2) is 0 Å². The number of hydrogen-bond acceptors (Lipinski definition) is 3. The number of rotatable bonds is 7. The predicted octanol–water partition coefficient (Wildman–Crippen LogP) is 0.284. The zero-order valence-corrected chi connectivity index (χ0v) is 9.79. The van der Waals surface area contributed by atoms with Gasteiger partial charge < -0.3 is 15.7 Å². The molecule has 4 nitrogen and oxygen atoms in total. The first-order chi connectivity index (χ1) is 7.02. The van der Waals surface area contributed by atoms with E-state index in [4.69, 9.17) is 5.11 Å². The zero-order valence-electron chi connectivity index (χ0n) is 9.79. The smallest absolute Gasteiger partial charge is 0.237 e. The Morgan fingerprint density at radius 2 is 2.07 bits per heavy atom. The molecule has 0 bridgehead atoms. The molecule has 15 heavy (non-hydrogen) atoms. The number of carbonyl (C=O) groups excluding carboxylic acids is 1. The Morgan fingerprint density at radius 3 is 2.53 bits per heavy atom. The first kappa shape index (κ1) is 14.1. The number of nitrogens with one attached hydrogen (secondary N) is 2. The van der Waals surface area contributed by atoms with Crippen LogP contribution in [0.3, 0.4) is 0 Å². The quantitative estimate of drug-likeness (QED) is 0.534. The van der Waals surface area contributed by atoms with Crippen LogP contribution in [-0.4, -0.2) is 36.2 Å². The summed E-state index contributed by atoms with van der Waals surface area (Å²) in [4.78, 5) is 11.5. The van der Waals surface area contributed by atoms with Crippen LogP contribution in [0.25, 0.3) is 0 Å². The molecule has 0 heterocycles. The molecule has 0 saturated carbocycles. The van der Waals surface area contributed by atoms with Gasteiger partial charge in [-0.1, -0.05) is 13.0 Å². The summed E-state index contributed by atoms with van der Waals surface area (Å²) in [5.74, 6) is 0.0894. The molecule has 0 aromatic carbocycles. The van der Waals surface area contributed by atoms with E-state index >= 15 is 0 Å². The molecule has 0 rings (SSSR count). The Kier molecular flexibility index (Phi) is 6.99. The molecule has 88 valence electrons. The molecule has 0 aliphatic carbocycles. The van der Waals surface area contributed by atoms with Gasteiger partial charge in [0.05, 0.1) is 6.04 Å². The van der Waals surface area contributed by atoms with Gasteiger partial charge >= 0.3 is 0 Å². The maximum atomic E-state index is 11.5. The first-order valence-corrected chi connectivity index (χ1v) is 5.28. The minimum Gasteiger partial charge on any atom is -0.396 e. The molecule has 0 aliphatic rings. The van der Waals surface area contributed by atoms with E-state index in [0.29, 0.717) is 6.54 Å². The summed E-state index contributed by atoms with van der Waals surface area (Å²) in [5, 5.41) is 14.8. The Bertz CT molecular complexity index is 207. The maximum Gasteiger partial charge on any atom is 0.237 e. The van der Waals surface area contributed by atoms with Crippen molar-refractivity contribution in [2.45, 2.75) is 32.9 Å². The van der Waals surface area contributed by atoms with Crippen LogP contribution in [0.5, 0.6) is 0 Å². The SMILES string of the molecule is C=CCNC(=O)C(C)NC(C)C(C)CO. The number of carbonyl (C=O) groups is 1. The van der Waals surface area contributed by atoms with Crippen molar-refractivity contribution in [3.05, 3.63) is 12.7 Å². The van der Waals surface area contributed by atoms with Gasteiger partial charge in [-0.3, -0.25) is 4.79 Å². The second kappa shape index (κ2) is 7.43. The molecular weight excluding hydrogens is 192 g/mol. The van der Waals surface area contributed by atoms with Crippen LogP contribution in [-0.2, 0) is 4.79 Å². The molecule has 3 unspecified atom stereocenters. The second-order valence-corrected chi connectivity index (χ2v) is 3.87.